The van der Waals surface area contributed by atoms with Gasteiger partial charge in [0.25, 0.3) is 0 Å². The summed E-state index contributed by atoms with van der Waals surface area (Å²) in [6, 6.07) is 10.6. The Balaban J connectivity index is 2.97. The first kappa shape index (κ1) is 10.6. The molecule has 1 aromatic rings. The summed E-state index contributed by atoms with van der Waals surface area (Å²) in [4.78, 5) is 2.21. The average molecular weight is 457 g/mol. The SMILES string of the molecule is CN(C)[C](=[Au][I])c1ccccc1. The fourth-order valence-electron chi connectivity index (χ4n) is 0.905. The normalized spacial score (nSPS) is 13.5. The van der Waals surface area contributed by atoms with Crippen LogP contribution in [-0.4, -0.2) is 22.8 Å². The summed E-state index contributed by atoms with van der Waals surface area (Å²) in [7, 11) is 4.22. The number of benzene rings is 1. The van der Waals surface area contributed by atoms with E-state index in [-0.39, 0.29) is 15.5 Å². The van der Waals surface area contributed by atoms with Crippen molar-refractivity contribution in [2.24, 2.45) is 0 Å². The van der Waals surface area contributed by atoms with Crippen molar-refractivity contribution in [3.05, 3.63) is 35.9 Å². The summed E-state index contributed by atoms with van der Waals surface area (Å²) >= 11 is 2.73. The molecule has 70 valence electrons. The zero-order valence-electron chi connectivity index (χ0n) is 7.01. The molecule has 0 fully saturated rings. The number of hydrogen-bond donors (Lipinski definition) is 0. The van der Waals surface area contributed by atoms with Gasteiger partial charge in [-0.2, -0.15) is 0 Å². The van der Waals surface area contributed by atoms with E-state index in [2.05, 4.69) is 68.3 Å². The van der Waals surface area contributed by atoms with Crippen molar-refractivity contribution in [2.45, 2.75) is 0 Å². The Morgan fingerprint density at radius 3 is 2.25 bits per heavy atom. The van der Waals surface area contributed by atoms with Gasteiger partial charge in [-0.05, 0) is 0 Å². The summed E-state index contributed by atoms with van der Waals surface area (Å²) in [6.07, 6.45) is 0. The van der Waals surface area contributed by atoms with Gasteiger partial charge in [0.2, 0.25) is 0 Å². The van der Waals surface area contributed by atoms with Crippen LogP contribution in [0.25, 0.3) is 0 Å². The van der Waals surface area contributed by atoms with Crippen LogP contribution in [0, 0.1) is 0 Å². The minimum atomic E-state index is 0.241. The van der Waals surface area contributed by atoms with E-state index in [0.29, 0.717) is 0 Å². The molecule has 0 aliphatic heterocycles. The van der Waals surface area contributed by atoms with Crippen LogP contribution in [0.5, 0.6) is 0 Å². The molecular weight excluding hydrogens is 446 g/mol. The second kappa shape index (κ2) is 5.29. The van der Waals surface area contributed by atoms with Crippen LogP contribution in [0.2, 0.25) is 0 Å². The number of hydrogen-bond acceptors (Lipinski definition) is 1. The van der Waals surface area contributed by atoms with Crippen molar-refractivity contribution < 1.29 is 15.5 Å². The monoisotopic (exact) mass is 457 g/mol. The maximum atomic E-state index is 2.49. The van der Waals surface area contributed by atoms with Crippen molar-refractivity contribution in [2.75, 3.05) is 14.1 Å². The van der Waals surface area contributed by atoms with Crippen molar-refractivity contribution in [1.29, 1.82) is 0 Å². The third-order valence-electron chi connectivity index (χ3n) is 1.40. The van der Waals surface area contributed by atoms with Gasteiger partial charge in [-0.15, -0.1) is 0 Å². The summed E-state index contributed by atoms with van der Waals surface area (Å²) < 4.78 is 1.47. The van der Waals surface area contributed by atoms with Crippen LogP contribution < -0.4 is 0 Å². The summed E-state index contributed by atoms with van der Waals surface area (Å²) in [5.41, 5.74) is 1.36. The van der Waals surface area contributed by atoms with Crippen molar-refractivity contribution in [3.63, 3.8) is 0 Å². The van der Waals surface area contributed by atoms with E-state index in [1.807, 2.05) is 0 Å². The van der Waals surface area contributed by atoms with Gasteiger partial charge in [0.1, 0.15) is 0 Å². The van der Waals surface area contributed by atoms with Gasteiger partial charge in [0.05, 0.1) is 0 Å². The van der Waals surface area contributed by atoms with Gasteiger partial charge in [0.15, 0.2) is 0 Å². The number of rotatable bonds is 2. The van der Waals surface area contributed by atoms with Gasteiger partial charge in [-0.1, -0.05) is 0 Å². The molecule has 0 spiro atoms. The third-order valence-corrected chi connectivity index (χ3v) is 5.91. The minimum absolute atomic E-state index is 0.241. The van der Waals surface area contributed by atoms with Gasteiger partial charge in [-0.3, -0.25) is 0 Å². The molecule has 3 heteroatoms. The van der Waals surface area contributed by atoms with E-state index in [1.165, 1.54) is 9.41 Å². The van der Waals surface area contributed by atoms with Crippen molar-refractivity contribution >= 4 is 22.9 Å². The molecule has 0 unspecified atom stereocenters. The zero-order chi connectivity index (χ0) is 8.97. The van der Waals surface area contributed by atoms with E-state index in [4.69, 9.17) is 0 Å². The second-order valence-electron chi connectivity index (χ2n) is 2.57. The van der Waals surface area contributed by atoms with Gasteiger partial charge >= 0.3 is 93.2 Å². The molecule has 0 aliphatic rings. The quantitative estimate of drug-likeness (QED) is 0.487. The zero-order valence-corrected chi connectivity index (χ0v) is 11.3. The fraction of sp³-hybridized carbons (Fsp3) is 0.222. The molecule has 0 N–H and O–H groups in total. The second-order valence-corrected chi connectivity index (χ2v) is 6.67. The first-order valence-electron chi connectivity index (χ1n) is 3.54. The van der Waals surface area contributed by atoms with Gasteiger partial charge in [-0.25, -0.2) is 0 Å². The fourth-order valence-corrected chi connectivity index (χ4v) is 5.79. The molecule has 0 amide bonds. The Morgan fingerprint density at radius 1 is 1.25 bits per heavy atom. The van der Waals surface area contributed by atoms with Crippen LogP contribution in [0.3, 0.4) is 0 Å². The van der Waals surface area contributed by atoms with Crippen LogP contribution in [0.4, 0.5) is 0 Å². The predicted octanol–water partition coefficient (Wildman–Crippen LogP) is 2.16. The Hall–Kier alpha value is 0.520. The molecular formula is C9H11AuIN. The number of halogens is 1. The van der Waals surface area contributed by atoms with Crippen molar-refractivity contribution in [1.82, 2.24) is 4.90 Å². The molecule has 1 aromatic carbocycles. The van der Waals surface area contributed by atoms with Gasteiger partial charge < -0.3 is 0 Å². The molecule has 1 nitrogen and oxygen atoms in total. The topological polar surface area (TPSA) is 3.24 Å². The molecule has 0 atom stereocenters. The van der Waals surface area contributed by atoms with E-state index in [9.17, 15) is 0 Å². The van der Waals surface area contributed by atoms with Crippen LogP contribution in [0.1, 0.15) is 5.56 Å². The van der Waals surface area contributed by atoms with Gasteiger partial charge in [0, 0.05) is 0 Å². The average Bonchev–Trinajstić information content (AvgIpc) is 2.07. The van der Waals surface area contributed by atoms with E-state index >= 15 is 0 Å². The maximum absolute atomic E-state index is 2.49. The molecule has 0 saturated heterocycles. The molecule has 0 radical (unpaired) electrons. The summed E-state index contributed by atoms with van der Waals surface area (Å²) in [5, 5.41) is 0. The Labute approximate surface area is 92.5 Å². The molecule has 0 heterocycles. The van der Waals surface area contributed by atoms with Crippen LogP contribution in [-0.2, 0) is 15.5 Å². The first-order valence-corrected chi connectivity index (χ1v) is 10.8. The molecule has 12 heavy (non-hydrogen) atoms. The van der Waals surface area contributed by atoms with Crippen LogP contribution in [0.15, 0.2) is 30.3 Å². The first-order chi connectivity index (χ1) is 5.75. The van der Waals surface area contributed by atoms with Crippen molar-refractivity contribution in [3.8, 4) is 0 Å². The summed E-state index contributed by atoms with van der Waals surface area (Å²) in [5.74, 6) is 0. The molecule has 0 aromatic heterocycles. The van der Waals surface area contributed by atoms with E-state index in [0.717, 1.165) is 0 Å². The standard InChI is InChI=1S/C9H11N.Au.HI/c1-10(2)8-9-6-4-3-5-7-9;;/h3-7H,1-2H3;;1H/q;+1;/p-1. The Morgan fingerprint density at radius 2 is 1.83 bits per heavy atom. The molecule has 0 saturated carbocycles. The predicted molar refractivity (Wildman–Crippen MR) is 58.3 cm³/mol. The summed E-state index contributed by atoms with van der Waals surface area (Å²) in [6.45, 7) is 0. The van der Waals surface area contributed by atoms with E-state index in [1.54, 1.807) is 0 Å². The molecule has 1 rings (SSSR count). The van der Waals surface area contributed by atoms with E-state index < -0.39 is 0 Å². The molecule has 0 bridgehead atoms. The Kier molecular flexibility index (Phi) is 4.68. The third kappa shape index (κ3) is 2.78. The Bertz CT molecular complexity index is 269. The van der Waals surface area contributed by atoms with Crippen LogP contribution >= 0.6 is 19.0 Å². The molecule has 0 aliphatic carbocycles. The number of nitrogens with zero attached hydrogens (tertiary/aromatic N) is 1.